The normalized spacial score (nSPS) is 10.6. The number of nitrogens with zero attached hydrogens (tertiary/aromatic N) is 2. The molecule has 0 saturated carbocycles. The first-order chi connectivity index (χ1) is 8.33. The van der Waals surface area contributed by atoms with Crippen molar-refractivity contribution in [2.24, 2.45) is 0 Å². The lowest BCUT2D eigenvalue weighted by Gasteiger charge is -2.02. The smallest absolute Gasteiger partial charge is 0.248 e. The van der Waals surface area contributed by atoms with E-state index in [0.717, 1.165) is 22.0 Å². The highest BCUT2D eigenvalue weighted by Crippen LogP contribution is 2.21. The third kappa shape index (κ3) is 1.80. The quantitative estimate of drug-likeness (QED) is 0.686. The molecule has 0 atom stereocenters. The van der Waals surface area contributed by atoms with Gasteiger partial charge in [-0.15, -0.1) is 0 Å². The third-order valence-corrected chi connectivity index (χ3v) is 2.64. The van der Waals surface area contributed by atoms with Gasteiger partial charge in [0.25, 0.3) is 0 Å². The van der Waals surface area contributed by atoms with Crippen molar-refractivity contribution in [1.29, 1.82) is 0 Å². The van der Waals surface area contributed by atoms with Crippen molar-refractivity contribution in [1.82, 2.24) is 15.2 Å². The average molecular weight is 223 g/mol. The van der Waals surface area contributed by atoms with Gasteiger partial charge in [-0.3, -0.25) is 4.79 Å². The maximum absolute atomic E-state index is 11.2. The Kier molecular flexibility index (Phi) is 2.19. The fourth-order valence-corrected chi connectivity index (χ4v) is 1.80. The maximum Gasteiger partial charge on any atom is 0.248 e. The Hall–Kier alpha value is -2.49. The summed E-state index contributed by atoms with van der Waals surface area (Å²) in [4.78, 5) is 13.9. The zero-order valence-electron chi connectivity index (χ0n) is 8.92. The van der Waals surface area contributed by atoms with E-state index in [0.29, 0.717) is 0 Å². The van der Waals surface area contributed by atoms with Gasteiger partial charge in [-0.1, -0.05) is 6.07 Å². The van der Waals surface area contributed by atoms with Crippen LogP contribution in [0.25, 0.3) is 22.0 Å². The minimum atomic E-state index is -0.0872. The Balaban J connectivity index is 2.21. The molecule has 2 aromatic heterocycles. The molecular weight excluding hydrogens is 214 g/mol. The van der Waals surface area contributed by atoms with E-state index in [1.165, 1.54) is 6.07 Å². The second-order valence-electron chi connectivity index (χ2n) is 3.76. The first-order valence-electron chi connectivity index (χ1n) is 5.23. The van der Waals surface area contributed by atoms with Gasteiger partial charge >= 0.3 is 0 Å². The van der Waals surface area contributed by atoms with Crippen LogP contribution in [0.3, 0.4) is 0 Å². The van der Waals surface area contributed by atoms with Crippen molar-refractivity contribution >= 4 is 10.9 Å². The van der Waals surface area contributed by atoms with E-state index in [-0.39, 0.29) is 5.56 Å². The Labute approximate surface area is 97.0 Å². The molecule has 2 heterocycles. The summed E-state index contributed by atoms with van der Waals surface area (Å²) in [6.07, 6.45) is 3.37. The Morgan fingerprint density at radius 3 is 2.71 bits per heavy atom. The second kappa shape index (κ2) is 3.83. The number of H-pyrrole nitrogens is 1. The van der Waals surface area contributed by atoms with Gasteiger partial charge in [0.15, 0.2) is 0 Å². The highest BCUT2D eigenvalue weighted by atomic mass is 16.1. The van der Waals surface area contributed by atoms with E-state index in [2.05, 4.69) is 15.2 Å². The highest BCUT2D eigenvalue weighted by Gasteiger charge is 2.00. The van der Waals surface area contributed by atoms with Crippen molar-refractivity contribution in [3.05, 3.63) is 59.1 Å². The predicted octanol–water partition coefficient (Wildman–Crippen LogP) is 1.99. The van der Waals surface area contributed by atoms with Crippen LogP contribution in [0, 0.1) is 0 Å². The number of pyridine rings is 1. The third-order valence-electron chi connectivity index (χ3n) is 2.64. The van der Waals surface area contributed by atoms with E-state index in [4.69, 9.17) is 0 Å². The number of benzene rings is 1. The van der Waals surface area contributed by atoms with Crippen molar-refractivity contribution in [3.8, 4) is 11.1 Å². The van der Waals surface area contributed by atoms with Gasteiger partial charge in [-0.25, -0.2) is 0 Å². The van der Waals surface area contributed by atoms with Gasteiger partial charge in [0.05, 0.1) is 12.4 Å². The molecule has 0 saturated heterocycles. The summed E-state index contributed by atoms with van der Waals surface area (Å²) in [5, 5.41) is 8.59. The molecule has 0 bridgehead atoms. The molecule has 17 heavy (non-hydrogen) atoms. The summed E-state index contributed by atoms with van der Waals surface area (Å²) < 4.78 is 0. The minimum Gasteiger partial charge on any atom is -0.322 e. The Morgan fingerprint density at radius 2 is 1.88 bits per heavy atom. The molecule has 0 aliphatic heterocycles. The summed E-state index contributed by atoms with van der Waals surface area (Å²) in [5.74, 6) is 0. The number of nitrogens with one attached hydrogen (secondary N) is 1. The second-order valence-corrected chi connectivity index (χ2v) is 3.76. The Morgan fingerprint density at radius 1 is 0.941 bits per heavy atom. The molecule has 82 valence electrons. The molecule has 3 aromatic rings. The topological polar surface area (TPSA) is 58.6 Å². The molecule has 0 unspecified atom stereocenters. The SMILES string of the molecule is O=c1ccc2cc(-c3ccnnc3)ccc2[nH]1. The van der Waals surface area contributed by atoms with Crippen LogP contribution in [0.2, 0.25) is 0 Å². The molecule has 4 heteroatoms. The number of hydrogen-bond donors (Lipinski definition) is 1. The van der Waals surface area contributed by atoms with Crippen molar-refractivity contribution in [3.63, 3.8) is 0 Å². The lowest BCUT2D eigenvalue weighted by atomic mass is 10.1. The van der Waals surface area contributed by atoms with E-state index in [1.807, 2.05) is 30.3 Å². The number of fused-ring (bicyclic) bond motifs is 1. The fourth-order valence-electron chi connectivity index (χ4n) is 1.80. The first-order valence-corrected chi connectivity index (χ1v) is 5.23. The summed E-state index contributed by atoms with van der Waals surface area (Å²) in [6.45, 7) is 0. The van der Waals surface area contributed by atoms with E-state index < -0.39 is 0 Å². The molecule has 0 radical (unpaired) electrons. The summed E-state index contributed by atoms with van der Waals surface area (Å²) in [6, 6.07) is 11.1. The minimum absolute atomic E-state index is 0.0872. The molecule has 4 nitrogen and oxygen atoms in total. The molecule has 0 aliphatic rings. The van der Waals surface area contributed by atoms with Crippen LogP contribution in [-0.2, 0) is 0 Å². The van der Waals surface area contributed by atoms with Crippen LogP contribution >= 0.6 is 0 Å². The molecule has 0 fully saturated rings. The number of hydrogen-bond acceptors (Lipinski definition) is 3. The maximum atomic E-state index is 11.2. The molecule has 1 N–H and O–H groups in total. The van der Waals surface area contributed by atoms with E-state index in [1.54, 1.807) is 12.4 Å². The fraction of sp³-hybridized carbons (Fsp3) is 0. The first kappa shape index (κ1) is 9.72. The summed E-state index contributed by atoms with van der Waals surface area (Å²) in [7, 11) is 0. The lowest BCUT2D eigenvalue weighted by molar-refractivity contribution is 1.03. The van der Waals surface area contributed by atoms with E-state index >= 15 is 0 Å². The van der Waals surface area contributed by atoms with Gasteiger partial charge in [-0.2, -0.15) is 10.2 Å². The molecule has 0 aliphatic carbocycles. The molecule has 0 spiro atoms. The van der Waals surface area contributed by atoms with Crippen LogP contribution in [0.1, 0.15) is 0 Å². The Bertz CT molecular complexity index is 719. The predicted molar refractivity (Wildman–Crippen MR) is 65.6 cm³/mol. The monoisotopic (exact) mass is 223 g/mol. The van der Waals surface area contributed by atoms with Gasteiger partial charge in [0, 0.05) is 17.1 Å². The summed E-state index contributed by atoms with van der Waals surface area (Å²) in [5.41, 5.74) is 2.81. The van der Waals surface area contributed by atoms with Gasteiger partial charge in [-0.05, 0) is 35.2 Å². The summed E-state index contributed by atoms with van der Waals surface area (Å²) >= 11 is 0. The van der Waals surface area contributed by atoms with Gasteiger partial charge < -0.3 is 4.98 Å². The van der Waals surface area contributed by atoms with Crippen LogP contribution in [0.15, 0.2) is 53.6 Å². The standard InChI is InChI=1S/C13H9N3O/c17-13-4-2-10-7-9(1-3-12(10)16-13)11-5-6-14-15-8-11/h1-8H,(H,16,17). The number of aromatic amines is 1. The molecular formula is C13H9N3O. The largest absolute Gasteiger partial charge is 0.322 e. The van der Waals surface area contributed by atoms with Crippen molar-refractivity contribution in [2.45, 2.75) is 0 Å². The number of aromatic nitrogens is 3. The van der Waals surface area contributed by atoms with Crippen LogP contribution in [-0.4, -0.2) is 15.2 Å². The van der Waals surface area contributed by atoms with Crippen LogP contribution in [0.4, 0.5) is 0 Å². The van der Waals surface area contributed by atoms with Gasteiger partial charge in [0.1, 0.15) is 0 Å². The number of rotatable bonds is 1. The van der Waals surface area contributed by atoms with Gasteiger partial charge in [0.2, 0.25) is 5.56 Å². The molecule has 3 rings (SSSR count). The highest BCUT2D eigenvalue weighted by molar-refractivity contribution is 5.84. The van der Waals surface area contributed by atoms with Crippen LogP contribution < -0.4 is 5.56 Å². The van der Waals surface area contributed by atoms with Crippen molar-refractivity contribution in [2.75, 3.05) is 0 Å². The van der Waals surface area contributed by atoms with Crippen LogP contribution in [0.5, 0.6) is 0 Å². The van der Waals surface area contributed by atoms with E-state index in [9.17, 15) is 4.79 Å². The lowest BCUT2D eigenvalue weighted by Crippen LogP contribution is -2.01. The molecule has 1 aromatic carbocycles. The van der Waals surface area contributed by atoms with Crippen molar-refractivity contribution < 1.29 is 0 Å². The average Bonchev–Trinajstić information content (AvgIpc) is 2.39. The molecule has 0 amide bonds. The zero-order valence-corrected chi connectivity index (χ0v) is 8.92. The zero-order chi connectivity index (χ0) is 11.7.